The van der Waals surface area contributed by atoms with Crippen LogP contribution in [-0.4, -0.2) is 48.6 Å². The van der Waals surface area contributed by atoms with Gasteiger partial charge in [-0.05, 0) is 60.4 Å². The van der Waals surface area contributed by atoms with Crippen LogP contribution in [0, 0.1) is 3.57 Å². The lowest BCUT2D eigenvalue weighted by atomic mass is 10.0. The molecule has 2 heterocycles. The zero-order valence-corrected chi connectivity index (χ0v) is 15.1. The van der Waals surface area contributed by atoms with Gasteiger partial charge in [0.25, 0.3) is 11.8 Å². The molecule has 2 amide bonds. The number of benzene rings is 1. The summed E-state index contributed by atoms with van der Waals surface area (Å²) in [6.45, 7) is 2.07. The van der Waals surface area contributed by atoms with Crippen molar-refractivity contribution in [2.45, 2.75) is 37.8 Å². The monoisotopic (exact) mass is 428 g/mol. The van der Waals surface area contributed by atoms with E-state index in [4.69, 9.17) is 4.74 Å². The van der Waals surface area contributed by atoms with Gasteiger partial charge in [-0.15, -0.1) is 0 Å². The fourth-order valence-corrected chi connectivity index (χ4v) is 3.76. The molecule has 1 aromatic rings. The molecule has 5 nitrogen and oxygen atoms in total. The molecule has 1 atom stereocenters. The number of nitrogens with zero attached hydrogens (tertiary/aromatic N) is 1. The number of piperidine rings is 1. The Labute approximate surface area is 149 Å². The van der Waals surface area contributed by atoms with Gasteiger partial charge in [0.2, 0.25) is 0 Å². The molecule has 1 N–H and O–H groups in total. The average molecular weight is 428 g/mol. The van der Waals surface area contributed by atoms with Crippen LogP contribution in [0.3, 0.4) is 0 Å². The maximum atomic E-state index is 12.3. The second-order valence-corrected chi connectivity index (χ2v) is 7.22. The molecule has 124 valence electrons. The lowest BCUT2D eigenvalue weighted by Gasteiger charge is -2.33. The molecule has 3 rings (SSSR count). The summed E-state index contributed by atoms with van der Waals surface area (Å²) in [6, 6.07) is 7.70. The largest absolute Gasteiger partial charge is 0.368 e. The number of likely N-dealkylation sites (tertiary alicyclic amines) is 1. The molecular weight excluding hydrogens is 407 g/mol. The van der Waals surface area contributed by atoms with Crippen molar-refractivity contribution in [2.24, 2.45) is 0 Å². The maximum absolute atomic E-state index is 12.3. The summed E-state index contributed by atoms with van der Waals surface area (Å²) >= 11 is 2.18. The number of nitrogens with one attached hydrogen (secondary N) is 1. The Kier molecular flexibility index (Phi) is 5.53. The summed E-state index contributed by atoms with van der Waals surface area (Å²) in [7, 11) is 0. The van der Waals surface area contributed by atoms with Gasteiger partial charge in [-0.3, -0.25) is 9.59 Å². The highest BCUT2D eigenvalue weighted by Gasteiger charge is 2.31. The number of hydrogen-bond acceptors (Lipinski definition) is 3. The molecule has 2 saturated heterocycles. The van der Waals surface area contributed by atoms with Crippen molar-refractivity contribution < 1.29 is 14.3 Å². The average Bonchev–Trinajstić information content (AvgIpc) is 3.09. The van der Waals surface area contributed by atoms with Gasteiger partial charge in [-0.1, -0.05) is 12.1 Å². The number of hydrogen-bond donors (Lipinski definition) is 1. The molecule has 0 radical (unpaired) electrons. The molecule has 0 aromatic heterocycles. The highest BCUT2D eigenvalue weighted by molar-refractivity contribution is 14.1. The Balaban J connectivity index is 1.50. The zero-order valence-electron chi connectivity index (χ0n) is 13.0. The summed E-state index contributed by atoms with van der Waals surface area (Å²) in [4.78, 5) is 26.5. The van der Waals surface area contributed by atoms with E-state index in [-0.39, 0.29) is 24.0 Å². The Morgan fingerprint density at radius 3 is 2.57 bits per heavy atom. The fourth-order valence-electron chi connectivity index (χ4n) is 3.13. The van der Waals surface area contributed by atoms with Crippen molar-refractivity contribution in [3.63, 3.8) is 0 Å². The molecule has 1 aromatic carbocycles. The van der Waals surface area contributed by atoms with Crippen LogP contribution in [0.2, 0.25) is 0 Å². The number of carbonyl (C=O) groups is 2. The van der Waals surface area contributed by atoms with Crippen LogP contribution in [0.25, 0.3) is 0 Å². The van der Waals surface area contributed by atoms with Gasteiger partial charge in [0.15, 0.2) is 0 Å². The maximum Gasteiger partial charge on any atom is 0.252 e. The lowest BCUT2D eigenvalue weighted by Crippen LogP contribution is -2.49. The minimum Gasteiger partial charge on any atom is -0.368 e. The Bertz CT molecular complexity index is 579. The van der Waals surface area contributed by atoms with Crippen LogP contribution in [0.5, 0.6) is 0 Å². The third-order valence-corrected chi connectivity index (χ3v) is 5.41. The third-order valence-electron chi connectivity index (χ3n) is 4.47. The number of halogens is 1. The van der Waals surface area contributed by atoms with Gasteiger partial charge in [0.05, 0.1) is 5.56 Å². The van der Waals surface area contributed by atoms with E-state index in [1.807, 2.05) is 29.2 Å². The molecule has 0 aliphatic carbocycles. The van der Waals surface area contributed by atoms with Gasteiger partial charge in [-0.2, -0.15) is 0 Å². The minimum atomic E-state index is -0.243. The molecule has 2 fully saturated rings. The topological polar surface area (TPSA) is 58.6 Å². The summed E-state index contributed by atoms with van der Waals surface area (Å²) in [5.41, 5.74) is 0.714. The van der Waals surface area contributed by atoms with Gasteiger partial charge in [0.1, 0.15) is 6.10 Å². The fraction of sp³-hybridized carbons (Fsp3) is 0.529. The second-order valence-electron chi connectivity index (χ2n) is 6.05. The molecule has 1 unspecified atom stereocenters. The van der Waals surface area contributed by atoms with Gasteiger partial charge in [-0.25, -0.2) is 0 Å². The van der Waals surface area contributed by atoms with E-state index in [2.05, 4.69) is 27.9 Å². The Morgan fingerprint density at radius 1 is 1.17 bits per heavy atom. The number of carbonyl (C=O) groups excluding carboxylic acids is 2. The molecule has 0 spiro atoms. The SMILES string of the molecule is O=C(NC1CCN(C(=O)C2CCCO2)CC1)c1ccccc1I. The predicted molar refractivity (Wildman–Crippen MR) is 95.2 cm³/mol. The molecule has 2 aliphatic heterocycles. The van der Waals surface area contributed by atoms with E-state index in [1.165, 1.54) is 0 Å². The Morgan fingerprint density at radius 2 is 1.91 bits per heavy atom. The van der Waals surface area contributed by atoms with E-state index >= 15 is 0 Å². The van der Waals surface area contributed by atoms with Crippen molar-refractivity contribution in [1.82, 2.24) is 10.2 Å². The van der Waals surface area contributed by atoms with Crippen LogP contribution >= 0.6 is 22.6 Å². The van der Waals surface area contributed by atoms with E-state index in [0.717, 1.165) is 29.3 Å². The van der Waals surface area contributed by atoms with E-state index in [1.54, 1.807) is 0 Å². The van der Waals surface area contributed by atoms with Gasteiger partial charge < -0.3 is 15.0 Å². The van der Waals surface area contributed by atoms with Crippen molar-refractivity contribution in [3.05, 3.63) is 33.4 Å². The van der Waals surface area contributed by atoms with E-state index in [0.29, 0.717) is 25.3 Å². The van der Waals surface area contributed by atoms with Gasteiger partial charge in [0, 0.05) is 29.3 Å². The predicted octanol–water partition coefficient (Wildman–Crippen LogP) is 2.19. The Hall–Kier alpha value is -1.15. The van der Waals surface area contributed by atoms with Crippen molar-refractivity contribution in [3.8, 4) is 0 Å². The molecule has 2 aliphatic rings. The first kappa shape index (κ1) is 16.7. The molecular formula is C17H21IN2O3. The number of rotatable bonds is 3. The molecule has 23 heavy (non-hydrogen) atoms. The highest BCUT2D eigenvalue weighted by Crippen LogP contribution is 2.19. The summed E-state index contributed by atoms with van der Waals surface area (Å²) < 4.78 is 6.42. The van der Waals surface area contributed by atoms with Crippen molar-refractivity contribution in [2.75, 3.05) is 19.7 Å². The second kappa shape index (κ2) is 7.61. The normalized spacial score (nSPS) is 22.1. The van der Waals surface area contributed by atoms with Crippen LogP contribution in [0.15, 0.2) is 24.3 Å². The standard InChI is InChI=1S/C17H21IN2O3/c18-14-5-2-1-4-13(14)16(21)19-12-7-9-20(10-8-12)17(22)15-6-3-11-23-15/h1-2,4-5,12,15H,3,6-11H2,(H,19,21). The van der Waals surface area contributed by atoms with Crippen LogP contribution in [0.1, 0.15) is 36.0 Å². The summed E-state index contributed by atoms with van der Waals surface area (Å²) in [5, 5.41) is 3.09. The van der Waals surface area contributed by atoms with Crippen molar-refractivity contribution in [1.29, 1.82) is 0 Å². The summed E-state index contributed by atoms with van der Waals surface area (Å²) in [6.07, 6.45) is 3.16. The highest BCUT2D eigenvalue weighted by atomic mass is 127. The first-order valence-electron chi connectivity index (χ1n) is 8.11. The van der Waals surface area contributed by atoms with E-state index in [9.17, 15) is 9.59 Å². The molecule has 0 saturated carbocycles. The molecule has 6 heteroatoms. The lowest BCUT2D eigenvalue weighted by molar-refractivity contribution is -0.142. The third kappa shape index (κ3) is 4.03. The quantitative estimate of drug-likeness (QED) is 0.752. The van der Waals surface area contributed by atoms with E-state index < -0.39 is 0 Å². The first-order valence-corrected chi connectivity index (χ1v) is 9.19. The van der Waals surface area contributed by atoms with Crippen LogP contribution in [0.4, 0.5) is 0 Å². The minimum absolute atomic E-state index is 0.0288. The van der Waals surface area contributed by atoms with Crippen molar-refractivity contribution >= 4 is 34.4 Å². The van der Waals surface area contributed by atoms with Crippen LogP contribution < -0.4 is 5.32 Å². The van der Waals surface area contributed by atoms with Crippen LogP contribution in [-0.2, 0) is 9.53 Å². The smallest absolute Gasteiger partial charge is 0.252 e. The molecule has 0 bridgehead atoms. The zero-order chi connectivity index (χ0) is 16.2. The number of ether oxygens (including phenoxy) is 1. The van der Waals surface area contributed by atoms with Gasteiger partial charge >= 0.3 is 0 Å². The summed E-state index contributed by atoms with van der Waals surface area (Å²) in [5.74, 6) is 0.0868. The number of amides is 2. The first-order chi connectivity index (χ1) is 11.1.